The van der Waals surface area contributed by atoms with Gasteiger partial charge in [0.1, 0.15) is 0 Å². The number of aliphatic hydroxyl groups is 2. The van der Waals surface area contributed by atoms with E-state index in [-0.39, 0.29) is 59.1 Å². The maximum atomic E-state index is 12.7. The molecule has 0 saturated heterocycles. The van der Waals surface area contributed by atoms with Crippen LogP contribution < -0.4 is 0 Å². The highest BCUT2D eigenvalue weighted by atomic mass is 31.2. The number of phosphoric acid groups is 1. The topological polar surface area (TPSA) is 356 Å². The largest absolute Gasteiger partial charge is 0.478 e. The van der Waals surface area contributed by atoms with Crippen LogP contribution in [0.2, 0.25) is 0 Å². The number of hydrogen-bond donors (Lipinski definition) is 9. The van der Waals surface area contributed by atoms with E-state index >= 15 is 0 Å². The first-order valence-electron chi connectivity index (χ1n) is 41.5. The van der Waals surface area contributed by atoms with Gasteiger partial charge in [-0.3, -0.25) is 4.52 Å². The zero-order valence-electron chi connectivity index (χ0n) is 70.2. The third kappa shape index (κ3) is 49.3. The number of carboxylic acid groups (broad SMARTS) is 5. The molecule has 0 aliphatic carbocycles. The molecule has 6 aromatic rings. The first-order valence-corrected chi connectivity index (χ1v) is 43.1. The van der Waals surface area contributed by atoms with Gasteiger partial charge in [0.25, 0.3) is 0 Å². The van der Waals surface area contributed by atoms with Crippen molar-refractivity contribution in [2.24, 2.45) is 17.8 Å². The van der Waals surface area contributed by atoms with Crippen molar-refractivity contribution in [2.75, 3.05) is 33.0 Å². The van der Waals surface area contributed by atoms with Crippen molar-refractivity contribution in [2.45, 2.75) is 274 Å². The van der Waals surface area contributed by atoms with Crippen LogP contribution in [0.25, 0.3) is 0 Å². The molecule has 21 nitrogen and oxygen atoms in total. The molecule has 0 amide bonds. The van der Waals surface area contributed by atoms with Gasteiger partial charge in [-0.15, -0.1) is 0 Å². The summed E-state index contributed by atoms with van der Waals surface area (Å²) < 4.78 is 30.5. The summed E-state index contributed by atoms with van der Waals surface area (Å²) in [5.41, 5.74) is 4.64. The van der Waals surface area contributed by atoms with Crippen molar-refractivity contribution < 1.29 is 102 Å². The summed E-state index contributed by atoms with van der Waals surface area (Å²) in [4.78, 5) is 99.9. The molecule has 0 fully saturated rings. The second kappa shape index (κ2) is 63.8. The molecule has 0 radical (unpaired) electrons. The zero-order valence-corrected chi connectivity index (χ0v) is 71.1. The van der Waals surface area contributed by atoms with Crippen LogP contribution in [-0.4, -0.2) is 133 Å². The molecule has 22 heteroatoms. The second-order valence-corrected chi connectivity index (χ2v) is 31.4. The van der Waals surface area contributed by atoms with Crippen LogP contribution >= 0.6 is 7.82 Å². The fraction of sp³-hybridized carbons (Fsp3) is 0.538. The van der Waals surface area contributed by atoms with Crippen molar-refractivity contribution in [3.05, 3.63) is 212 Å². The van der Waals surface area contributed by atoms with Gasteiger partial charge >= 0.3 is 49.6 Å². The van der Waals surface area contributed by atoms with E-state index in [4.69, 9.17) is 44.4 Å². The van der Waals surface area contributed by atoms with Crippen molar-refractivity contribution in [3.63, 3.8) is 0 Å². The molecule has 0 aliphatic heterocycles. The molecule has 115 heavy (non-hydrogen) atoms. The quantitative estimate of drug-likeness (QED) is 0.00973. The highest BCUT2D eigenvalue weighted by Gasteiger charge is 2.33. The molecule has 0 heterocycles. The maximum Gasteiger partial charge on any atom is 0.469 e. The van der Waals surface area contributed by atoms with Crippen molar-refractivity contribution >= 4 is 49.6 Å². The molecule has 0 saturated carbocycles. The predicted molar refractivity (Wildman–Crippen MR) is 455 cm³/mol. The third-order valence-electron chi connectivity index (χ3n) is 18.6. The van der Waals surface area contributed by atoms with E-state index in [9.17, 15) is 53.4 Å². The van der Waals surface area contributed by atoms with E-state index in [2.05, 4.69) is 108 Å². The minimum atomic E-state index is -4.31. The summed E-state index contributed by atoms with van der Waals surface area (Å²) >= 11 is 0. The number of ether oxygens (including phenoxy) is 3. The SMILES string of the molecule is CC(C)CCCCCc1c(CCCCCC(C)C)c(C(=O)O)c(C(=O)O)c(CCCCCC(C)C)c1C(=O)O.CC(O)COC(C)CO.CCCCCCOC(=O)c1ccccc1C(=O)OCCCCCC.O=C(O)c1ccccc1.O=C(O)c1ccccc1.O=P(O)(O)OCCCCCCCC(c1ccccc1)c1ccccc1. The number of aliphatic hydroxyl groups excluding tert-OH is 2. The number of benzene rings is 6. The summed E-state index contributed by atoms with van der Waals surface area (Å²) in [6.07, 6.45) is 25.9. The van der Waals surface area contributed by atoms with Crippen LogP contribution in [0.5, 0.6) is 0 Å². The summed E-state index contributed by atoms with van der Waals surface area (Å²) in [6, 6.07) is 44.5. The molecule has 0 spiro atoms. The standard InChI is InChI=1S/C33H54O6.C20H27O4P.C20H30O4.2C7H6O2.C6H14O3/c1-22(2)16-10-7-13-19-25-26(20-14-8-11-17-23(3)4)29(32(36)37)30(33(38)39)27(28(25)31(34)35)21-15-9-12-18-24(5)6;21-25(22,23)24-17-11-3-1-2-10-16-20(18-12-6-4-7-13-18)19-14-8-5-9-15-19;1-3-5-7-11-15-23-19(21)17-13-9-10-14-18(17)20(22)24-16-12-8-6-4-2;2*8-7(9)6-4-2-1-3-5-6;1-5(8)4-9-6(2)3-7/h22-24H,7-21H2,1-6H3,(H,34,35)(H,36,37)(H,38,39);4-9,12-15,20H,1-3,10-11,16-17H2,(H2,21,22,23);9-10,13-14H,3-8,11-12,15-16H2,1-2H3;2*1-5H,(H,8,9);5-8H,3-4H2,1-2H3. The highest BCUT2D eigenvalue weighted by molar-refractivity contribution is 7.46. The molecule has 2 atom stereocenters. The number of carbonyl (C=O) groups excluding carboxylic acids is 2. The van der Waals surface area contributed by atoms with Crippen LogP contribution in [0.4, 0.5) is 0 Å². The molecular formula is C93H137O21P. The van der Waals surface area contributed by atoms with Gasteiger partial charge < -0.3 is 59.7 Å². The minimum absolute atomic E-state index is 0.00667. The van der Waals surface area contributed by atoms with Crippen molar-refractivity contribution in [1.82, 2.24) is 0 Å². The molecule has 640 valence electrons. The molecule has 0 bridgehead atoms. The molecular weight excluding hydrogens is 1480 g/mol. The van der Waals surface area contributed by atoms with Crippen molar-refractivity contribution in [3.8, 4) is 0 Å². The number of carbonyl (C=O) groups is 7. The summed E-state index contributed by atoms with van der Waals surface area (Å²) in [5, 5.41) is 64.8. The lowest BCUT2D eigenvalue weighted by atomic mass is 9.80. The number of hydrogen-bond acceptors (Lipinski definition) is 14. The Morgan fingerprint density at radius 1 is 0.365 bits per heavy atom. The van der Waals surface area contributed by atoms with E-state index in [1.165, 1.54) is 11.1 Å². The van der Waals surface area contributed by atoms with Crippen molar-refractivity contribution in [1.29, 1.82) is 0 Å². The van der Waals surface area contributed by atoms with E-state index in [0.717, 1.165) is 148 Å². The molecule has 0 aromatic heterocycles. The average Bonchev–Trinajstić information content (AvgIpc) is 0.751. The predicted octanol–water partition coefficient (Wildman–Crippen LogP) is 22.0. The van der Waals surface area contributed by atoms with Gasteiger partial charge in [-0.05, 0) is 160 Å². The smallest absolute Gasteiger partial charge is 0.469 e. The number of carboxylic acids is 5. The lowest BCUT2D eigenvalue weighted by Gasteiger charge is -2.23. The summed E-state index contributed by atoms with van der Waals surface area (Å²) in [7, 11) is -4.31. The van der Waals surface area contributed by atoms with E-state index in [1.807, 2.05) is 12.1 Å². The Labute approximate surface area is 685 Å². The van der Waals surface area contributed by atoms with Gasteiger partial charge in [0.15, 0.2) is 0 Å². The molecule has 6 aromatic carbocycles. The van der Waals surface area contributed by atoms with Gasteiger partial charge in [0, 0.05) is 5.92 Å². The van der Waals surface area contributed by atoms with Crippen LogP contribution in [0.1, 0.15) is 342 Å². The van der Waals surface area contributed by atoms with Gasteiger partial charge in [-0.1, -0.05) is 287 Å². The monoisotopic (exact) mass is 1620 g/mol. The van der Waals surface area contributed by atoms with Gasteiger partial charge in [-0.25, -0.2) is 38.1 Å². The van der Waals surface area contributed by atoms with Crippen LogP contribution in [0, 0.1) is 17.8 Å². The molecule has 2 unspecified atom stereocenters. The Morgan fingerprint density at radius 3 is 1.02 bits per heavy atom. The lowest BCUT2D eigenvalue weighted by Crippen LogP contribution is -2.22. The normalized spacial score (nSPS) is 11.4. The average molecular weight is 1620 g/mol. The number of rotatable bonds is 50. The fourth-order valence-electron chi connectivity index (χ4n) is 12.5. The lowest BCUT2D eigenvalue weighted by molar-refractivity contribution is -0.0177. The Morgan fingerprint density at radius 2 is 0.678 bits per heavy atom. The number of aromatic carboxylic acids is 5. The third-order valence-corrected chi connectivity index (χ3v) is 19.2. The van der Waals surface area contributed by atoms with E-state index in [0.29, 0.717) is 97.9 Å². The van der Waals surface area contributed by atoms with Crippen LogP contribution in [0.15, 0.2) is 146 Å². The maximum absolute atomic E-state index is 12.7. The van der Waals surface area contributed by atoms with Gasteiger partial charge in [-0.2, -0.15) is 0 Å². The summed E-state index contributed by atoms with van der Waals surface area (Å²) in [5.74, 6) is -4.28. The number of phosphoric ester groups is 1. The number of unbranched alkanes of at least 4 members (excludes halogenated alkanes) is 16. The Bertz CT molecular complexity index is 3520. The molecule has 9 N–H and O–H groups in total. The first-order chi connectivity index (χ1) is 54.9. The van der Waals surface area contributed by atoms with Crippen LogP contribution in [0.3, 0.4) is 0 Å². The van der Waals surface area contributed by atoms with E-state index in [1.54, 1.807) is 98.8 Å². The van der Waals surface area contributed by atoms with Gasteiger partial charge in [0.2, 0.25) is 0 Å². The molecule has 6 rings (SSSR count). The summed E-state index contributed by atoms with van der Waals surface area (Å²) in [6.45, 7) is 21.9. The number of esters is 2. The Hall–Kier alpha value is -8.40. The Kier molecular flexibility index (Phi) is 58.0. The molecule has 0 aliphatic rings. The zero-order chi connectivity index (χ0) is 85.8. The Balaban J connectivity index is 0.000000754. The minimum Gasteiger partial charge on any atom is -0.478 e. The van der Waals surface area contributed by atoms with Crippen LogP contribution in [-0.2, 0) is 42.6 Å². The first kappa shape index (κ1) is 105. The fourth-order valence-corrected chi connectivity index (χ4v) is 12.9. The highest BCUT2D eigenvalue weighted by Crippen LogP contribution is 2.37. The van der Waals surface area contributed by atoms with E-state index < -0.39 is 55.7 Å². The second-order valence-electron chi connectivity index (χ2n) is 30.2. The van der Waals surface area contributed by atoms with Gasteiger partial charge in [0.05, 0.1) is 84.2 Å².